The van der Waals surface area contributed by atoms with E-state index in [1.54, 1.807) is 20.5 Å². The monoisotopic (exact) mass is 310 g/mol. The standard InChI is InChI=1S/C19H18O4/c1-20-18-15-8-9-16-14(10-11-22-16)17(15)23-19(18,21-2)12-13-6-4-3-5-7-13/h3-11,18H,12H2,1-2H3/t18-,19-/m1/s1. The highest BCUT2D eigenvalue weighted by molar-refractivity contribution is 5.86. The number of benzene rings is 2. The molecule has 0 saturated carbocycles. The Hall–Kier alpha value is -2.30. The maximum Gasteiger partial charge on any atom is 0.245 e. The number of methoxy groups -OCH3 is 2. The normalized spacial score (nSPS) is 23.0. The van der Waals surface area contributed by atoms with Gasteiger partial charge in [0, 0.05) is 26.2 Å². The molecule has 0 fully saturated rings. The largest absolute Gasteiger partial charge is 0.464 e. The molecule has 0 bridgehead atoms. The van der Waals surface area contributed by atoms with Gasteiger partial charge in [0.2, 0.25) is 5.79 Å². The Bertz CT molecular complexity index is 824. The lowest BCUT2D eigenvalue weighted by Crippen LogP contribution is -2.43. The third-order valence-electron chi connectivity index (χ3n) is 4.45. The van der Waals surface area contributed by atoms with Crippen LogP contribution in [0.1, 0.15) is 17.2 Å². The quantitative estimate of drug-likeness (QED) is 0.727. The van der Waals surface area contributed by atoms with Crippen molar-refractivity contribution in [3.8, 4) is 5.75 Å². The van der Waals surface area contributed by atoms with Gasteiger partial charge in [-0.25, -0.2) is 0 Å². The number of ether oxygens (including phenoxy) is 3. The van der Waals surface area contributed by atoms with E-state index in [2.05, 4.69) is 12.1 Å². The van der Waals surface area contributed by atoms with E-state index >= 15 is 0 Å². The van der Waals surface area contributed by atoms with Crippen LogP contribution in [0.4, 0.5) is 0 Å². The average molecular weight is 310 g/mol. The topological polar surface area (TPSA) is 40.8 Å². The predicted octanol–water partition coefficient (Wildman–Crippen LogP) is 4.10. The summed E-state index contributed by atoms with van der Waals surface area (Å²) in [7, 11) is 3.34. The molecular formula is C19H18O4. The van der Waals surface area contributed by atoms with Crippen LogP contribution in [0.5, 0.6) is 5.75 Å². The molecule has 1 aliphatic rings. The summed E-state index contributed by atoms with van der Waals surface area (Å²) in [5, 5.41) is 0.941. The van der Waals surface area contributed by atoms with Crippen molar-refractivity contribution in [2.24, 2.45) is 0 Å². The Morgan fingerprint density at radius 2 is 1.87 bits per heavy atom. The molecule has 23 heavy (non-hydrogen) atoms. The summed E-state index contributed by atoms with van der Waals surface area (Å²) in [6.07, 6.45) is 1.96. The maximum absolute atomic E-state index is 6.32. The Kier molecular flexibility index (Phi) is 3.36. The second-order valence-corrected chi connectivity index (χ2v) is 5.71. The van der Waals surface area contributed by atoms with Gasteiger partial charge < -0.3 is 18.6 Å². The minimum atomic E-state index is -0.885. The number of furan rings is 1. The fraction of sp³-hybridized carbons (Fsp3) is 0.263. The van der Waals surface area contributed by atoms with Gasteiger partial charge in [0.25, 0.3) is 0 Å². The molecule has 4 heteroatoms. The van der Waals surface area contributed by atoms with Gasteiger partial charge in [-0.2, -0.15) is 0 Å². The highest BCUT2D eigenvalue weighted by Crippen LogP contribution is 2.50. The molecule has 118 valence electrons. The number of hydrogen-bond acceptors (Lipinski definition) is 4. The van der Waals surface area contributed by atoms with Crippen LogP contribution in [0, 0.1) is 0 Å². The van der Waals surface area contributed by atoms with Crippen molar-refractivity contribution in [1.82, 2.24) is 0 Å². The zero-order chi connectivity index (χ0) is 15.9. The molecule has 1 aromatic heterocycles. The fourth-order valence-electron chi connectivity index (χ4n) is 3.35. The first-order chi connectivity index (χ1) is 11.3. The second kappa shape index (κ2) is 5.41. The lowest BCUT2D eigenvalue weighted by Gasteiger charge is -2.32. The lowest BCUT2D eigenvalue weighted by atomic mass is 9.96. The maximum atomic E-state index is 6.32. The minimum Gasteiger partial charge on any atom is -0.464 e. The molecule has 0 unspecified atom stereocenters. The van der Waals surface area contributed by atoms with Gasteiger partial charge in [-0.05, 0) is 23.8 Å². The van der Waals surface area contributed by atoms with Crippen LogP contribution >= 0.6 is 0 Å². The highest BCUT2D eigenvalue weighted by Gasteiger charge is 2.50. The van der Waals surface area contributed by atoms with E-state index in [1.807, 2.05) is 36.4 Å². The van der Waals surface area contributed by atoms with E-state index in [0.717, 1.165) is 27.8 Å². The van der Waals surface area contributed by atoms with Crippen LogP contribution in [0.3, 0.4) is 0 Å². The Balaban J connectivity index is 1.81. The molecule has 4 nitrogen and oxygen atoms in total. The third-order valence-corrected chi connectivity index (χ3v) is 4.45. The summed E-state index contributed by atoms with van der Waals surface area (Å²) in [6.45, 7) is 0. The van der Waals surface area contributed by atoms with E-state index in [9.17, 15) is 0 Å². The van der Waals surface area contributed by atoms with Crippen LogP contribution in [0.25, 0.3) is 11.0 Å². The molecule has 1 aliphatic heterocycles. The summed E-state index contributed by atoms with van der Waals surface area (Å²) < 4.78 is 23.4. The van der Waals surface area contributed by atoms with Crippen molar-refractivity contribution in [1.29, 1.82) is 0 Å². The molecule has 3 aromatic rings. The van der Waals surface area contributed by atoms with Crippen LogP contribution in [0.2, 0.25) is 0 Å². The first-order valence-electron chi connectivity index (χ1n) is 7.58. The van der Waals surface area contributed by atoms with Crippen molar-refractivity contribution >= 4 is 11.0 Å². The van der Waals surface area contributed by atoms with Crippen molar-refractivity contribution in [2.45, 2.75) is 18.3 Å². The van der Waals surface area contributed by atoms with Gasteiger partial charge >= 0.3 is 0 Å². The average Bonchev–Trinajstić information content (AvgIpc) is 3.17. The van der Waals surface area contributed by atoms with Crippen LogP contribution in [-0.4, -0.2) is 20.0 Å². The highest BCUT2D eigenvalue weighted by atomic mass is 16.7. The SMILES string of the molecule is CO[C@@H]1c2ccc3occc3c2O[C@@]1(Cc1ccccc1)OC. The van der Waals surface area contributed by atoms with Crippen molar-refractivity contribution in [3.63, 3.8) is 0 Å². The Morgan fingerprint density at radius 1 is 1.04 bits per heavy atom. The molecule has 0 saturated heterocycles. The van der Waals surface area contributed by atoms with Gasteiger partial charge in [-0.1, -0.05) is 30.3 Å². The van der Waals surface area contributed by atoms with E-state index in [1.165, 1.54) is 0 Å². The van der Waals surface area contributed by atoms with Gasteiger partial charge in [0.15, 0.2) is 6.10 Å². The molecule has 0 radical (unpaired) electrons. The van der Waals surface area contributed by atoms with Gasteiger partial charge in [0.1, 0.15) is 11.3 Å². The fourth-order valence-corrected chi connectivity index (χ4v) is 3.35. The number of rotatable bonds is 4. The molecule has 2 atom stereocenters. The van der Waals surface area contributed by atoms with E-state index in [-0.39, 0.29) is 6.10 Å². The van der Waals surface area contributed by atoms with Gasteiger partial charge in [-0.15, -0.1) is 0 Å². The Morgan fingerprint density at radius 3 is 2.61 bits per heavy atom. The molecule has 0 N–H and O–H groups in total. The summed E-state index contributed by atoms with van der Waals surface area (Å²) in [5.74, 6) is -0.106. The van der Waals surface area contributed by atoms with Gasteiger partial charge in [0.05, 0.1) is 11.6 Å². The second-order valence-electron chi connectivity index (χ2n) is 5.71. The Labute approximate surface area is 134 Å². The first kappa shape index (κ1) is 14.3. The zero-order valence-electron chi connectivity index (χ0n) is 13.1. The first-order valence-corrected chi connectivity index (χ1v) is 7.58. The molecule has 0 aliphatic carbocycles. The predicted molar refractivity (Wildman–Crippen MR) is 86.5 cm³/mol. The molecule has 2 aromatic carbocycles. The lowest BCUT2D eigenvalue weighted by molar-refractivity contribution is -0.216. The molecule has 4 rings (SSSR count). The van der Waals surface area contributed by atoms with Crippen molar-refractivity contribution in [3.05, 3.63) is 65.9 Å². The van der Waals surface area contributed by atoms with Crippen molar-refractivity contribution < 1.29 is 18.6 Å². The summed E-state index contributed by atoms with van der Waals surface area (Å²) >= 11 is 0. The summed E-state index contributed by atoms with van der Waals surface area (Å²) in [4.78, 5) is 0. The van der Waals surface area contributed by atoms with Crippen LogP contribution < -0.4 is 4.74 Å². The third kappa shape index (κ3) is 2.14. The molecule has 0 spiro atoms. The van der Waals surface area contributed by atoms with E-state index in [4.69, 9.17) is 18.6 Å². The number of hydrogen-bond donors (Lipinski definition) is 0. The minimum absolute atomic E-state index is 0.304. The van der Waals surface area contributed by atoms with E-state index < -0.39 is 5.79 Å². The van der Waals surface area contributed by atoms with E-state index in [0.29, 0.717) is 6.42 Å². The smallest absolute Gasteiger partial charge is 0.245 e. The van der Waals surface area contributed by atoms with Crippen LogP contribution in [0.15, 0.2) is 59.2 Å². The zero-order valence-corrected chi connectivity index (χ0v) is 13.1. The van der Waals surface area contributed by atoms with Gasteiger partial charge in [-0.3, -0.25) is 0 Å². The molecule has 2 heterocycles. The number of fused-ring (bicyclic) bond motifs is 3. The molecular weight excluding hydrogens is 292 g/mol. The van der Waals surface area contributed by atoms with Crippen LogP contribution in [-0.2, 0) is 15.9 Å². The van der Waals surface area contributed by atoms with Crippen molar-refractivity contribution in [2.75, 3.05) is 14.2 Å². The summed E-state index contributed by atoms with van der Waals surface area (Å²) in [5.41, 5.74) is 2.91. The summed E-state index contributed by atoms with van der Waals surface area (Å²) in [6, 6.07) is 16.0. The molecule has 0 amide bonds.